The summed E-state index contributed by atoms with van der Waals surface area (Å²) in [6.07, 6.45) is 2.46. The van der Waals surface area contributed by atoms with Crippen molar-refractivity contribution >= 4 is 40.5 Å². The SMILES string of the molecule is NC(=O)c1ccc(NCC(=O)Nc2ccc(N3CCCC3)cc2)cc1Cl. The highest BCUT2D eigenvalue weighted by Gasteiger charge is 2.12. The van der Waals surface area contributed by atoms with Gasteiger partial charge in [0.1, 0.15) is 0 Å². The molecule has 2 amide bonds. The van der Waals surface area contributed by atoms with Crippen LogP contribution in [0.2, 0.25) is 5.02 Å². The fraction of sp³-hybridized carbons (Fsp3) is 0.263. The molecule has 7 heteroatoms. The van der Waals surface area contributed by atoms with Gasteiger partial charge in [-0.15, -0.1) is 0 Å². The summed E-state index contributed by atoms with van der Waals surface area (Å²) in [4.78, 5) is 25.6. The third kappa shape index (κ3) is 4.46. The van der Waals surface area contributed by atoms with Gasteiger partial charge in [0.15, 0.2) is 0 Å². The van der Waals surface area contributed by atoms with Crippen molar-refractivity contribution in [1.29, 1.82) is 0 Å². The van der Waals surface area contributed by atoms with Gasteiger partial charge in [-0.2, -0.15) is 0 Å². The fourth-order valence-corrected chi connectivity index (χ4v) is 3.22. The summed E-state index contributed by atoms with van der Waals surface area (Å²) in [5.41, 5.74) is 8.04. The van der Waals surface area contributed by atoms with Crippen LogP contribution in [0.1, 0.15) is 23.2 Å². The first-order valence-corrected chi connectivity index (χ1v) is 8.89. The maximum Gasteiger partial charge on any atom is 0.250 e. The first-order chi connectivity index (χ1) is 12.5. The number of hydrogen-bond donors (Lipinski definition) is 3. The second kappa shape index (κ2) is 8.10. The van der Waals surface area contributed by atoms with E-state index in [9.17, 15) is 9.59 Å². The summed E-state index contributed by atoms with van der Waals surface area (Å²) in [5, 5.41) is 6.07. The molecule has 2 aromatic rings. The number of nitrogens with two attached hydrogens (primary N) is 1. The van der Waals surface area contributed by atoms with Gasteiger partial charge in [-0.05, 0) is 55.3 Å². The molecular formula is C19H21ClN4O2. The van der Waals surface area contributed by atoms with E-state index in [1.54, 1.807) is 12.1 Å². The molecule has 1 saturated heterocycles. The Morgan fingerprint density at radius 1 is 1.04 bits per heavy atom. The molecule has 0 bridgehead atoms. The van der Waals surface area contributed by atoms with Gasteiger partial charge in [0.25, 0.3) is 0 Å². The molecule has 1 fully saturated rings. The van der Waals surface area contributed by atoms with Gasteiger partial charge in [0.2, 0.25) is 11.8 Å². The molecule has 0 unspecified atom stereocenters. The standard InChI is InChI=1S/C19H21ClN4O2/c20-17-11-14(5-8-16(17)19(21)26)22-12-18(25)23-13-3-6-15(7-4-13)24-9-1-2-10-24/h3-8,11,22H,1-2,9-10,12H2,(H2,21,26)(H,23,25). The molecule has 136 valence electrons. The zero-order chi connectivity index (χ0) is 18.5. The molecule has 1 aliphatic rings. The highest BCUT2D eigenvalue weighted by molar-refractivity contribution is 6.34. The van der Waals surface area contributed by atoms with Crippen LogP contribution in [0.5, 0.6) is 0 Å². The summed E-state index contributed by atoms with van der Waals surface area (Å²) < 4.78 is 0. The summed E-state index contributed by atoms with van der Waals surface area (Å²) in [6.45, 7) is 2.26. The number of nitrogens with one attached hydrogen (secondary N) is 2. The minimum atomic E-state index is -0.586. The van der Waals surface area contributed by atoms with Crippen molar-refractivity contribution in [3.05, 3.63) is 53.1 Å². The molecule has 1 heterocycles. The molecule has 0 saturated carbocycles. The van der Waals surface area contributed by atoms with Crippen molar-refractivity contribution < 1.29 is 9.59 Å². The Morgan fingerprint density at radius 3 is 2.31 bits per heavy atom. The van der Waals surface area contributed by atoms with Crippen molar-refractivity contribution in [1.82, 2.24) is 0 Å². The van der Waals surface area contributed by atoms with Gasteiger partial charge in [-0.1, -0.05) is 11.6 Å². The number of benzene rings is 2. The molecule has 0 radical (unpaired) electrons. The average Bonchev–Trinajstić information content (AvgIpc) is 3.15. The Hall–Kier alpha value is -2.73. The summed E-state index contributed by atoms with van der Waals surface area (Å²) in [5.74, 6) is -0.759. The largest absolute Gasteiger partial charge is 0.376 e. The maximum atomic E-state index is 12.1. The fourth-order valence-electron chi connectivity index (χ4n) is 2.94. The molecular weight excluding hydrogens is 352 g/mol. The van der Waals surface area contributed by atoms with Crippen molar-refractivity contribution in [2.24, 2.45) is 5.73 Å². The molecule has 26 heavy (non-hydrogen) atoms. The van der Waals surface area contributed by atoms with Crippen molar-refractivity contribution in [2.75, 3.05) is 35.2 Å². The molecule has 3 rings (SSSR count). The van der Waals surface area contributed by atoms with Crippen molar-refractivity contribution in [3.8, 4) is 0 Å². The normalized spacial score (nSPS) is 13.5. The lowest BCUT2D eigenvalue weighted by atomic mass is 10.2. The van der Waals surface area contributed by atoms with E-state index in [2.05, 4.69) is 15.5 Å². The van der Waals surface area contributed by atoms with Crippen LogP contribution in [0.4, 0.5) is 17.1 Å². The van der Waals surface area contributed by atoms with Gasteiger partial charge in [-0.3, -0.25) is 9.59 Å². The minimum Gasteiger partial charge on any atom is -0.376 e. The number of halogens is 1. The second-order valence-electron chi connectivity index (χ2n) is 6.20. The van der Waals surface area contributed by atoms with E-state index in [0.29, 0.717) is 5.69 Å². The number of primary amides is 1. The summed E-state index contributed by atoms with van der Waals surface area (Å²) in [7, 11) is 0. The monoisotopic (exact) mass is 372 g/mol. The Balaban J connectivity index is 1.52. The molecule has 0 aliphatic carbocycles. The Kier molecular flexibility index (Phi) is 5.63. The van der Waals surface area contributed by atoms with Crippen LogP contribution in [0.15, 0.2) is 42.5 Å². The number of hydrogen-bond acceptors (Lipinski definition) is 4. The second-order valence-corrected chi connectivity index (χ2v) is 6.61. The van der Waals surface area contributed by atoms with E-state index in [1.807, 2.05) is 24.3 Å². The molecule has 4 N–H and O–H groups in total. The lowest BCUT2D eigenvalue weighted by molar-refractivity contribution is -0.114. The number of nitrogens with zero attached hydrogens (tertiary/aromatic N) is 1. The number of carbonyl (C=O) groups is 2. The van der Waals surface area contributed by atoms with Gasteiger partial charge in [0, 0.05) is 30.2 Å². The third-order valence-corrected chi connectivity index (χ3v) is 4.62. The highest BCUT2D eigenvalue weighted by Crippen LogP contribution is 2.22. The van der Waals surface area contributed by atoms with E-state index < -0.39 is 5.91 Å². The molecule has 6 nitrogen and oxygen atoms in total. The van der Waals surface area contributed by atoms with E-state index in [1.165, 1.54) is 24.6 Å². The number of carbonyl (C=O) groups excluding carboxylic acids is 2. The highest BCUT2D eigenvalue weighted by atomic mass is 35.5. The van der Waals surface area contributed by atoms with Gasteiger partial charge in [-0.25, -0.2) is 0 Å². The van der Waals surface area contributed by atoms with Crippen LogP contribution < -0.4 is 21.3 Å². The van der Waals surface area contributed by atoms with Gasteiger partial charge >= 0.3 is 0 Å². The molecule has 0 aromatic heterocycles. The van der Waals surface area contributed by atoms with Crippen LogP contribution in [0, 0.1) is 0 Å². The number of anilines is 3. The van der Waals surface area contributed by atoms with Crippen LogP contribution >= 0.6 is 11.6 Å². The van der Waals surface area contributed by atoms with Crippen LogP contribution in [-0.4, -0.2) is 31.4 Å². The lowest BCUT2D eigenvalue weighted by Crippen LogP contribution is -2.22. The van der Waals surface area contributed by atoms with Gasteiger partial charge in [0.05, 0.1) is 17.1 Å². The quantitative estimate of drug-likeness (QED) is 0.727. The van der Waals surface area contributed by atoms with Crippen molar-refractivity contribution in [2.45, 2.75) is 12.8 Å². The van der Waals surface area contributed by atoms with Crippen LogP contribution in [-0.2, 0) is 4.79 Å². The molecule has 0 atom stereocenters. The van der Waals surface area contributed by atoms with E-state index in [0.717, 1.165) is 18.8 Å². The number of rotatable bonds is 6. The predicted molar refractivity (Wildman–Crippen MR) is 105 cm³/mol. The minimum absolute atomic E-state index is 0.0835. The average molecular weight is 373 g/mol. The summed E-state index contributed by atoms with van der Waals surface area (Å²) >= 11 is 5.99. The Morgan fingerprint density at radius 2 is 1.69 bits per heavy atom. The third-order valence-electron chi connectivity index (χ3n) is 4.31. The smallest absolute Gasteiger partial charge is 0.250 e. The van der Waals surface area contributed by atoms with E-state index in [4.69, 9.17) is 17.3 Å². The van der Waals surface area contributed by atoms with E-state index >= 15 is 0 Å². The Labute approximate surface area is 157 Å². The topological polar surface area (TPSA) is 87.5 Å². The lowest BCUT2D eigenvalue weighted by Gasteiger charge is -2.17. The van der Waals surface area contributed by atoms with Gasteiger partial charge < -0.3 is 21.3 Å². The Bertz CT molecular complexity index is 802. The molecule has 1 aliphatic heterocycles. The summed E-state index contributed by atoms with van der Waals surface area (Å²) in [6, 6.07) is 12.6. The van der Waals surface area contributed by atoms with E-state index in [-0.39, 0.29) is 23.0 Å². The predicted octanol–water partition coefficient (Wildman–Crippen LogP) is 3.09. The number of amides is 2. The first kappa shape index (κ1) is 18.1. The zero-order valence-corrected chi connectivity index (χ0v) is 15.1. The van der Waals surface area contributed by atoms with Crippen LogP contribution in [0.3, 0.4) is 0 Å². The van der Waals surface area contributed by atoms with Crippen molar-refractivity contribution in [3.63, 3.8) is 0 Å². The molecule has 0 spiro atoms. The maximum absolute atomic E-state index is 12.1. The van der Waals surface area contributed by atoms with Crippen LogP contribution in [0.25, 0.3) is 0 Å². The molecule has 2 aromatic carbocycles. The first-order valence-electron chi connectivity index (χ1n) is 8.51. The zero-order valence-electron chi connectivity index (χ0n) is 14.3.